The lowest BCUT2D eigenvalue weighted by Gasteiger charge is -2.00. The van der Waals surface area contributed by atoms with E-state index in [0.717, 1.165) is 12.1 Å². The van der Waals surface area contributed by atoms with E-state index in [9.17, 15) is 8.78 Å². The van der Waals surface area contributed by atoms with E-state index in [2.05, 4.69) is 0 Å². The van der Waals surface area contributed by atoms with Gasteiger partial charge in [-0.1, -0.05) is 12.2 Å². The molecule has 0 fully saturated rings. The van der Waals surface area contributed by atoms with Crippen molar-refractivity contribution in [3.63, 3.8) is 0 Å². The third-order valence-electron chi connectivity index (χ3n) is 1.48. The molecule has 0 unspecified atom stereocenters. The number of halogens is 3. The van der Waals surface area contributed by atoms with Gasteiger partial charge in [0.25, 0.3) is 0 Å². The third-order valence-corrected chi connectivity index (χ3v) is 2.65. The highest BCUT2D eigenvalue weighted by Crippen LogP contribution is 2.22. The number of alkyl halides is 1. The zero-order chi connectivity index (χ0) is 10.4. The summed E-state index contributed by atoms with van der Waals surface area (Å²) >= 11 is 6.65. The first-order valence-corrected chi connectivity index (χ1v) is 5.55. The van der Waals surface area contributed by atoms with E-state index in [4.69, 9.17) is 11.6 Å². The van der Waals surface area contributed by atoms with Crippen LogP contribution in [0.5, 0.6) is 0 Å². The van der Waals surface area contributed by atoms with Gasteiger partial charge in [-0.2, -0.15) is 0 Å². The van der Waals surface area contributed by atoms with Crippen LogP contribution in [-0.4, -0.2) is 11.6 Å². The molecule has 0 aliphatic heterocycles. The van der Waals surface area contributed by atoms with Gasteiger partial charge in [0, 0.05) is 16.5 Å². The van der Waals surface area contributed by atoms with Gasteiger partial charge in [-0.3, -0.25) is 0 Å². The molecular weight excluding hydrogens is 226 g/mol. The Labute approximate surface area is 91.0 Å². The molecule has 1 rings (SSSR count). The van der Waals surface area contributed by atoms with Crippen molar-refractivity contribution in [1.29, 1.82) is 0 Å². The minimum Gasteiger partial charge on any atom is -0.207 e. The number of hydrogen-bond donors (Lipinski definition) is 0. The Morgan fingerprint density at radius 2 is 2.07 bits per heavy atom. The summed E-state index contributed by atoms with van der Waals surface area (Å²) in [6, 6.07) is 3.42. The van der Waals surface area contributed by atoms with Gasteiger partial charge in [0.05, 0.1) is 0 Å². The molecule has 4 heteroatoms. The van der Waals surface area contributed by atoms with Crippen LogP contribution in [-0.2, 0) is 0 Å². The zero-order valence-electron chi connectivity index (χ0n) is 7.34. The number of allylic oxidation sites excluding steroid dienone is 1. The molecule has 1 aromatic rings. The first-order valence-electron chi connectivity index (χ1n) is 4.03. The van der Waals surface area contributed by atoms with Crippen molar-refractivity contribution in [1.82, 2.24) is 0 Å². The highest BCUT2D eigenvalue weighted by Gasteiger charge is 2.02. The van der Waals surface area contributed by atoms with Crippen LogP contribution in [0, 0.1) is 11.6 Å². The van der Waals surface area contributed by atoms with Gasteiger partial charge in [-0.25, -0.2) is 8.78 Å². The summed E-state index contributed by atoms with van der Waals surface area (Å²) in [5.74, 6) is 0.213. The highest BCUT2D eigenvalue weighted by molar-refractivity contribution is 7.99. The molecule has 0 N–H and O–H groups in total. The summed E-state index contributed by atoms with van der Waals surface area (Å²) < 4.78 is 25.7. The predicted molar refractivity (Wildman–Crippen MR) is 56.9 cm³/mol. The Hall–Kier alpha value is -0.540. The molecule has 0 spiro atoms. The SMILES string of the molecule is Fc1ccc(F)c(SCC=CCCl)c1. The second-order valence-corrected chi connectivity index (χ2v) is 3.88. The van der Waals surface area contributed by atoms with Crippen LogP contribution in [0.4, 0.5) is 8.78 Å². The standard InChI is InChI=1S/C10H9ClF2S/c11-5-1-2-6-14-10-7-8(12)3-4-9(10)13/h1-4,7H,5-6H2. The molecule has 0 aliphatic carbocycles. The van der Waals surface area contributed by atoms with Crippen molar-refractivity contribution >= 4 is 23.4 Å². The maximum absolute atomic E-state index is 13.0. The van der Waals surface area contributed by atoms with Gasteiger partial charge in [0.2, 0.25) is 0 Å². The van der Waals surface area contributed by atoms with E-state index in [1.165, 1.54) is 17.8 Å². The van der Waals surface area contributed by atoms with Gasteiger partial charge in [0.1, 0.15) is 11.6 Å². The summed E-state index contributed by atoms with van der Waals surface area (Å²) in [6.07, 6.45) is 3.59. The normalized spacial score (nSPS) is 11.1. The minimum atomic E-state index is -0.421. The average molecular weight is 235 g/mol. The first kappa shape index (κ1) is 11.5. The molecular formula is C10H9ClF2S. The number of thioether (sulfide) groups is 1. The molecule has 1 aromatic carbocycles. The minimum absolute atomic E-state index is 0.323. The third kappa shape index (κ3) is 3.68. The number of rotatable bonds is 4. The Kier molecular flexibility index (Phi) is 4.98. The molecule has 0 atom stereocenters. The fourth-order valence-electron chi connectivity index (χ4n) is 0.857. The Morgan fingerprint density at radius 3 is 2.79 bits per heavy atom. The molecule has 0 saturated carbocycles. The van der Waals surface area contributed by atoms with E-state index in [0.29, 0.717) is 16.5 Å². The highest BCUT2D eigenvalue weighted by atomic mass is 35.5. The largest absolute Gasteiger partial charge is 0.207 e. The van der Waals surface area contributed by atoms with Gasteiger partial charge in [-0.15, -0.1) is 23.4 Å². The van der Waals surface area contributed by atoms with Crippen molar-refractivity contribution in [2.75, 3.05) is 11.6 Å². The molecule has 0 amide bonds. The van der Waals surface area contributed by atoms with E-state index in [1.54, 1.807) is 6.08 Å². The molecule has 0 aromatic heterocycles. The quantitative estimate of drug-likeness (QED) is 0.433. The molecule has 76 valence electrons. The van der Waals surface area contributed by atoms with Crippen LogP contribution in [0.15, 0.2) is 35.2 Å². The molecule has 0 heterocycles. The van der Waals surface area contributed by atoms with Crippen LogP contribution in [0.1, 0.15) is 0 Å². The summed E-state index contributed by atoms with van der Waals surface area (Å²) in [4.78, 5) is 0.323. The van der Waals surface area contributed by atoms with Crippen molar-refractivity contribution < 1.29 is 8.78 Å². The Morgan fingerprint density at radius 1 is 1.29 bits per heavy atom. The van der Waals surface area contributed by atoms with Crippen molar-refractivity contribution in [2.24, 2.45) is 0 Å². The molecule has 14 heavy (non-hydrogen) atoms. The molecule has 0 nitrogen and oxygen atoms in total. The topological polar surface area (TPSA) is 0 Å². The molecule has 0 aliphatic rings. The van der Waals surface area contributed by atoms with Crippen molar-refractivity contribution in [3.05, 3.63) is 42.0 Å². The van der Waals surface area contributed by atoms with E-state index >= 15 is 0 Å². The lowest BCUT2D eigenvalue weighted by molar-refractivity contribution is 0.577. The van der Waals surface area contributed by atoms with Gasteiger partial charge < -0.3 is 0 Å². The summed E-state index contributed by atoms with van der Waals surface area (Å²) in [7, 11) is 0. The predicted octanol–water partition coefficient (Wildman–Crippen LogP) is 3.85. The second-order valence-electron chi connectivity index (χ2n) is 2.51. The van der Waals surface area contributed by atoms with Gasteiger partial charge >= 0.3 is 0 Å². The fourth-order valence-corrected chi connectivity index (χ4v) is 1.80. The zero-order valence-corrected chi connectivity index (χ0v) is 8.92. The van der Waals surface area contributed by atoms with E-state index in [-0.39, 0.29) is 0 Å². The van der Waals surface area contributed by atoms with Gasteiger partial charge in [-0.05, 0) is 18.2 Å². The second kappa shape index (κ2) is 6.04. The maximum atomic E-state index is 13.0. The smallest absolute Gasteiger partial charge is 0.136 e. The van der Waals surface area contributed by atoms with Crippen LogP contribution in [0.2, 0.25) is 0 Å². The lowest BCUT2D eigenvalue weighted by Crippen LogP contribution is -1.84. The Balaban J connectivity index is 2.57. The van der Waals surface area contributed by atoms with Crippen LogP contribution in [0.25, 0.3) is 0 Å². The van der Waals surface area contributed by atoms with Crippen LogP contribution < -0.4 is 0 Å². The monoisotopic (exact) mass is 234 g/mol. The molecule has 0 saturated heterocycles. The average Bonchev–Trinajstić information content (AvgIpc) is 2.18. The van der Waals surface area contributed by atoms with E-state index in [1.807, 2.05) is 6.08 Å². The van der Waals surface area contributed by atoms with Gasteiger partial charge in [0.15, 0.2) is 0 Å². The van der Waals surface area contributed by atoms with Crippen molar-refractivity contribution in [3.8, 4) is 0 Å². The number of hydrogen-bond acceptors (Lipinski definition) is 1. The summed E-state index contributed by atoms with van der Waals surface area (Å²) in [5.41, 5.74) is 0. The molecule has 0 bridgehead atoms. The maximum Gasteiger partial charge on any atom is 0.136 e. The summed E-state index contributed by atoms with van der Waals surface area (Å²) in [5, 5.41) is 0. The van der Waals surface area contributed by atoms with Crippen molar-refractivity contribution in [2.45, 2.75) is 4.90 Å². The fraction of sp³-hybridized carbons (Fsp3) is 0.200. The van der Waals surface area contributed by atoms with Crippen LogP contribution in [0.3, 0.4) is 0 Å². The number of benzene rings is 1. The van der Waals surface area contributed by atoms with E-state index < -0.39 is 11.6 Å². The lowest BCUT2D eigenvalue weighted by atomic mass is 10.3. The van der Waals surface area contributed by atoms with Crippen LogP contribution >= 0.6 is 23.4 Å². The summed E-state index contributed by atoms with van der Waals surface area (Å²) in [6.45, 7) is 0. The first-order chi connectivity index (χ1) is 6.74. The molecule has 0 radical (unpaired) electrons. The Bertz CT molecular complexity index is 326.